The van der Waals surface area contributed by atoms with Crippen molar-refractivity contribution in [2.75, 3.05) is 26.6 Å². The van der Waals surface area contributed by atoms with Crippen molar-refractivity contribution < 1.29 is 19.0 Å². The van der Waals surface area contributed by atoms with Crippen LogP contribution in [0.4, 0.5) is 5.69 Å². The van der Waals surface area contributed by atoms with Gasteiger partial charge >= 0.3 is 0 Å². The van der Waals surface area contributed by atoms with E-state index in [1.807, 2.05) is 37.3 Å². The molecule has 3 rings (SSSR count). The molecule has 0 bridgehead atoms. The molecule has 0 fully saturated rings. The summed E-state index contributed by atoms with van der Waals surface area (Å²) in [6, 6.07) is 9.52. The van der Waals surface area contributed by atoms with Gasteiger partial charge < -0.3 is 24.5 Å². The maximum atomic E-state index is 12.5. The number of amides is 1. The maximum Gasteiger partial charge on any atom is 0.228 e. The second kappa shape index (κ2) is 7.39. The molecule has 2 aromatic carbocycles. The number of ether oxygens (including phenoxy) is 3. The van der Waals surface area contributed by atoms with E-state index in [4.69, 9.17) is 14.2 Å². The molecular formula is C20H22N2O4. The van der Waals surface area contributed by atoms with Gasteiger partial charge in [-0.15, -0.1) is 0 Å². The molecular weight excluding hydrogens is 332 g/mol. The van der Waals surface area contributed by atoms with E-state index in [0.717, 1.165) is 27.7 Å². The molecule has 0 radical (unpaired) electrons. The number of benzene rings is 2. The molecule has 1 amide bonds. The fourth-order valence-corrected chi connectivity index (χ4v) is 2.98. The topological polar surface area (TPSA) is 72.6 Å². The fraction of sp³-hybridized carbons (Fsp3) is 0.250. The molecule has 0 aliphatic heterocycles. The van der Waals surface area contributed by atoms with Gasteiger partial charge in [0.1, 0.15) is 0 Å². The molecule has 3 aromatic rings. The van der Waals surface area contributed by atoms with E-state index < -0.39 is 0 Å². The van der Waals surface area contributed by atoms with Crippen LogP contribution in [0.5, 0.6) is 17.2 Å². The number of fused-ring (bicyclic) bond motifs is 1. The van der Waals surface area contributed by atoms with Crippen molar-refractivity contribution in [2.24, 2.45) is 0 Å². The Morgan fingerprint density at radius 1 is 1.04 bits per heavy atom. The minimum absolute atomic E-state index is 0.105. The summed E-state index contributed by atoms with van der Waals surface area (Å²) in [5.74, 6) is 1.50. The quantitative estimate of drug-likeness (QED) is 0.708. The van der Waals surface area contributed by atoms with E-state index in [2.05, 4.69) is 10.3 Å². The summed E-state index contributed by atoms with van der Waals surface area (Å²) in [6.07, 6.45) is 2.01. The number of methoxy groups -OCH3 is 3. The lowest BCUT2D eigenvalue weighted by Crippen LogP contribution is -2.14. The lowest BCUT2D eigenvalue weighted by molar-refractivity contribution is -0.115. The predicted molar refractivity (Wildman–Crippen MR) is 101 cm³/mol. The number of rotatable bonds is 6. The standard InChI is InChI=1S/C20H22N2O4/c1-12-5-7-14(8-6-12)22-17(23)9-13-11-21-15-10-16(24-2)19(25-3)20(26-4)18(13)15/h5-8,10-11,21H,9H2,1-4H3,(H,22,23). The van der Waals surface area contributed by atoms with Crippen LogP contribution in [0, 0.1) is 6.92 Å². The molecule has 0 unspecified atom stereocenters. The fourth-order valence-electron chi connectivity index (χ4n) is 2.98. The third-order valence-electron chi connectivity index (χ3n) is 4.24. The van der Waals surface area contributed by atoms with Gasteiger partial charge in [-0.1, -0.05) is 17.7 Å². The molecule has 136 valence electrons. The lowest BCUT2D eigenvalue weighted by atomic mass is 10.1. The van der Waals surface area contributed by atoms with Crippen LogP contribution in [0.2, 0.25) is 0 Å². The summed E-state index contributed by atoms with van der Waals surface area (Å²) < 4.78 is 16.3. The predicted octanol–water partition coefficient (Wildman–Crippen LogP) is 3.68. The molecule has 0 spiro atoms. The monoisotopic (exact) mass is 354 g/mol. The average Bonchev–Trinajstić information content (AvgIpc) is 3.04. The highest BCUT2D eigenvalue weighted by Crippen LogP contribution is 2.44. The first-order valence-corrected chi connectivity index (χ1v) is 8.22. The first kappa shape index (κ1) is 17.7. The number of carbonyl (C=O) groups excluding carboxylic acids is 1. The maximum absolute atomic E-state index is 12.5. The van der Waals surface area contributed by atoms with E-state index in [-0.39, 0.29) is 12.3 Å². The molecule has 6 heteroatoms. The van der Waals surface area contributed by atoms with Crippen molar-refractivity contribution in [3.63, 3.8) is 0 Å². The van der Waals surface area contributed by atoms with Crippen LogP contribution in [0.1, 0.15) is 11.1 Å². The third kappa shape index (κ3) is 3.31. The van der Waals surface area contributed by atoms with Crippen molar-refractivity contribution in [2.45, 2.75) is 13.3 Å². The van der Waals surface area contributed by atoms with Gasteiger partial charge in [-0.2, -0.15) is 0 Å². The molecule has 1 aromatic heterocycles. The highest BCUT2D eigenvalue weighted by molar-refractivity contribution is 5.99. The molecule has 0 atom stereocenters. The molecule has 1 heterocycles. The van der Waals surface area contributed by atoms with Gasteiger partial charge in [0, 0.05) is 23.3 Å². The summed E-state index contributed by atoms with van der Waals surface area (Å²) in [5.41, 5.74) is 3.55. The van der Waals surface area contributed by atoms with Gasteiger partial charge in [0.15, 0.2) is 11.5 Å². The van der Waals surface area contributed by atoms with Gasteiger partial charge in [0.2, 0.25) is 11.7 Å². The van der Waals surface area contributed by atoms with Gasteiger partial charge in [-0.05, 0) is 24.6 Å². The zero-order valence-electron chi connectivity index (χ0n) is 15.3. The van der Waals surface area contributed by atoms with Crippen molar-refractivity contribution in [1.82, 2.24) is 4.98 Å². The Morgan fingerprint density at radius 2 is 1.73 bits per heavy atom. The Morgan fingerprint density at radius 3 is 2.35 bits per heavy atom. The minimum Gasteiger partial charge on any atom is -0.493 e. The molecule has 0 aliphatic carbocycles. The molecule has 0 saturated carbocycles. The van der Waals surface area contributed by atoms with Crippen LogP contribution < -0.4 is 19.5 Å². The van der Waals surface area contributed by atoms with E-state index in [1.54, 1.807) is 27.5 Å². The third-order valence-corrected chi connectivity index (χ3v) is 4.24. The number of aromatic amines is 1. The normalized spacial score (nSPS) is 10.6. The molecule has 26 heavy (non-hydrogen) atoms. The zero-order chi connectivity index (χ0) is 18.7. The number of aryl methyl sites for hydroxylation is 1. The smallest absolute Gasteiger partial charge is 0.228 e. The van der Waals surface area contributed by atoms with Crippen molar-refractivity contribution >= 4 is 22.5 Å². The lowest BCUT2D eigenvalue weighted by Gasteiger charge is -2.14. The number of aromatic nitrogens is 1. The molecule has 2 N–H and O–H groups in total. The Hall–Kier alpha value is -3.15. The highest BCUT2D eigenvalue weighted by atomic mass is 16.5. The molecule has 6 nitrogen and oxygen atoms in total. The van der Waals surface area contributed by atoms with Gasteiger partial charge in [-0.3, -0.25) is 4.79 Å². The van der Waals surface area contributed by atoms with Gasteiger partial charge in [0.25, 0.3) is 0 Å². The zero-order valence-corrected chi connectivity index (χ0v) is 15.3. The van der Waals surface area contributed by atoms with Crippen LogP contribution in [0.25, 0.3) is 10.9 Å². The van der Waals surface area contributed by atoms with Crippen LogP contribution >= 0.6 is 0 Å². The Balaban J connectivity index is 1.92. The summed E-state index contributed by atoms with van der Waals surface area (Å²) >= 11 is 0. The number of hydrogen-bond acceptors (Lipinski definition) is 4. The van der Waals surface area contributed by atoms with E-state index in [0.29, 0.717) is 17.2 Å². The average molecular weight is 354 g/mol. The van der Waals surface area contributed by atoms with E-state index in [1.165, 1.54) is 0 Å². The number of nitrogens with one attached hydrogen (secondary N) is 2. The van der Waals surface area contributed by atoms with Crippen molar-refractivity contribution in [1.29, 1.82) is 0 Å². The summed E-state index contributed by atoms with van der Waals surface area (Å²) in [4.78, 5) is 15.6. The van der Waals surface area contributed by atoms with Gasteiger partial charge in [-0.25, -0.2) is 0 Å². The largest absolute Gasteiger partial charge is 0.493 e. The first-order valence-electron chi connectivity index (χ1n) is 8.22. The summed E-state index contributed by atoms with van der Waals surface area (Å²) in [6.45, 7) is 2.01. The Labute approximate surface area is 152 Å². The second-order valence-electron chi connectivity index (χ2n) is 5.97. The summed E-state index contributed by atoms with van der Waals surface area (Å²) in [5, 5.41) is 3.72. The number of anilines is 1. The number of H-pyrrole nitrogens is 1. The Kier molecular flexibility index (Phi) is 5.02. The highest BCUT2D eigenvalue weighted by Gasteiger charge is 2.20. The first-order chi connectivity index (χ1) is 12.6. The minimum atomic E-state index is -0.105. The van der Waals surface area contributed by atoms with E-state index in [9.17, 15) is 4.79 Å². The summed E-state index contributed by atoms with van der Waals surface area (Å²) in [7, 11) is 4.70. The number of carbonyl (C=O) groups is 1. The van der Waals surface area contributed by atoms with Gasteiger partial charge in [0.05, 0.1) is 33.3 Å². The van der Waals surface area contributed by atoms with Crippen molar-refractivity contribution in [3.05, 3.63) is 47.7 Å². The molecule has 0 aliphatic rings. The van der Waals surface area contributed by atoms with Crippen molar-refractivity contribution in [3.8, 4) is 17.2 Å². The molecule has 0 saturated heterocycles. The second-order valence-corrected chi connectivity index (χ2v) is 5.97. The van der Waals surface area contributed by atoms with E-state index >= 15 is 0 Å². The van der Waals surface area contributed by atoms with Crippen LogP contribution in [-0.4, -0.2) is 32.2 Å². The SMILES string of the molecule is COc1cc2[nH]cc(CC(=O)Nc3ccc(C)cc3)c2c(OC)c1OC. The number of hydrogen-bond donors (Lipinski definition) is 2. The van der Waals surface area contributed by atoms with Crippen LogP contribution in [0.15, 0.2) is 36.5 Å². The van der Waals surface area contributed by atoms with Crippen LogP contribution in [-0.2, 0) is 11.2 Å². The Bertz CT molecular complexity index is 929. The van der Waals surface area contributed by atoms with Crippen LogP contribution in [0.3, 0.4) is 0 Å².